The summed E-state index contributed by atoms with van der Waals surface area (Å²) >= 11 is 3.13. The maximum absolute atomic E-state index is 13.3. The summed E-state index contributed by atoms with van der Waals surface area (Å²) < 4.78 is 1.77. The average Bonchev–Trinajstić information content (AvgIpc) is 3.11. The lowest BCUT2D eigenvalue weighted by Crippen LogP contribution is -2.46. The van der Waals surface area contributed by atoms with Crippen molar-refractivity contribution in [2.75, 3.05) is 6.54 Å². The van der Waals surface area contributed by atoms with E-state index < -0.39 is 0 Å². The third kappa shape index (κ3) is 3.88. The highest BCUT2D eigenvalue weighted by Crippen LogP contribution is 2.35. The van der Waals surface area contributed by atoms with Crippen LogP contribution in [-0.2, 0) is 24.2 Å². The number of rotatable bonds is 5. The molecule has 1 aliphatic heterocycles. The number of piperidine rings is 1. The lowest BCUT2D eigenvalue weighted by Gasteiger charge is -2.36. The van der Waals surface area contributed by atoms with Crippen molar-refractivity contribution >= 4 is 39.2 Å². The van der Waals surface area contributed by atoms with Gasteiger partial charge in [0, 0.05) is 24.0 Å². The third-order valence-electron chi connectivity index (χ3n) is 6.37. The summed E-state index contributed by atoms with van der Waals surface area (Å²) in [6.45, 7) is 7.55. The molecule has 0 spiro atoms. The number of aryl methyl sites for hydroxylation is 2. The topological polar surface area (TPSA) is 55.2 Å². The van der Waals surface area contributed by atoms with Crippen molar-refractivity contribution < 1.29 is 4.79 Å². The number of nitrogens with zero attached hydrogens (tertiary/aromatic N) is 3. The lowest BCUT2D eigenvalue weighted by molar-refractivity contribution is -0.134. The molecule has 2 aromatic heterocycles. The fourth-order valence-electron chi connectivity index (χ4n) is 4.75. The molecule has 2 atom stereocenters. The molecule has 0 aromatic carbocycles. The monoisotopic (exact) mass is 433 g/mol. The van der Waals surface area contributed by atoms with E-state index in [9.17, 15) is 9.59 Å². The summed E-state index contributed by atoms with van der Waals surface area (Å²) in [5.41, 5.74) is 1.30. The molecule has 1 fully saturated rings. The van der Waals surface area contributed by atoms with Crippen LogP contribution in [-0.4, -0.2) is 38.2 Å². The van der Waals surface area contributed by atoms with Crippen molar-refractivity contribution in [3.8, 4) is 0 Å². The van der Waals surface area contributed by atoms with Crippen LogP contribution in [0.3, 0.4) is 0 Å². The number of thiophene rings is 1. The van der Waals surface area contributed by atoms with Gasteiger partial charge in [0.05, 0.1) is 10.6 Å². The molecule has 1 amide bonds. The van der Waals surface area contributed by atoms with E-state index in [2.05, 4.69) is 11.8 Å². The Kier molecular flexibility index (Phi) is 6.35. The standard InChI is InChI=1S/C22H31N3O2S2/c1-4-15-10-8-9-13-25(15)20(26)14(3)28-22-23-19-18(21(27)24(22)5-2)16-11-6-7-12-17(16)29-19/h14-15H,4-13H2,1-3H3. The van der Waals surface area contributed by atoms with Gasteiger partial charge in [0.15, 0.2) is 5.16 Å². The number of likely N-dealkylation sites (tertiary alicyclic amines) is 1. The molecule has 1 saturated heterocycles. The predicted octanol–water partition coefficient (Wildman–Crippen LogP) is 4.63. The molecule has 4 rings (SSSR count). The average molecular weight is 434 g/mol. The third-order valence-corrected chi connectivity index (χ3v) is 8.63. The Hall–Kier alpha value is -1.34. The quantitative estimate of drug-likeness (QED) is 0.510. The van der Waals surface area contributed by atoms with Crippen molar-refractivity contribution in [1.29, 1.82) is 0 Å². The largest absolute Gasteiger partial charge is 0.339 e. The first-order valence-corrected chi connectivity index (χ1v) is 12.8. The van der Waals surface area contributed by atoms with Crippen LogP contribution in [0.25, 0.3) is 10.2 Å². The Morgan fingerprint density at radius 1 is 1.24 bits per heavy atom. The van der Waals surface area contributed by atoms with Crippen molar-refractivity contribution in [3.63, 3.8) is 0 Å². The number of thioether (sulfide) groups is 1. The molecule has 3 heterocycles. The summed E-state index contributed by atoms with van der Waals surface area (Å²) in [5.74, 6) is 0.184. The van der Waals surface area contributed by atoms with Crippen molar-refractivity contribution in [3.05, 3.63) is 20.8 Å². The summed E-state index contributed by atoms with van der Waals surface area (Å²) in [6.07, 6.45) is 8.81. The zero-order valence-electron chi connectivity index (χ0n) is 17.7. The van der Waals surface area contributed by atoms with Gasteiger partial charge in [-0.05, 0) is 70.8 Å². The summed E-state index contributed by atoms with van der Waals surface area (Å²) in [4.78, 5) is 35.6. The number of carbonyl (C=O) groups excluding carboxylic acids is 1. The van der Waals surface area contributed by atoms with E-state index in [0.717, 1.165) is 55.3 Å². The number of aromatic nitrogens is 2. The van der Waals surface area contributed by atoms with Crippen LogP contribution in [0.2, 0.25) is 0 Å². The number of fused-ring (bicyclic) bond motifs is 3. The van der Waals surface area contributed by atoms with Crippen molar-refractivity contribution in [1.82, 2.24) is 14.5 Å². The first-order chi connectivity index (χ1) is 14.0. The minimum absolute atomic E-state index is 0.0726. The minimum atomic E-state index is -0.237. The fourth-order valence-corrected chi connectivity index (χ4v) is 7.09. The molecule has 0 radical (unpaired) electrons. The second-order valence-corrected chi connectivity index (χ2v) is 10.6. The highest BCUT2D eigenvalue weighted by atomic mass is 32.2. The van der Waals surface area contributed by atoms with E-state index in [-0.39, 0.29) is 16.7 Å². The highest BCUT2D eigenvalue weighted by molar-refractivity contribution is 8.00. The van der Waals surface area contributed by atoms with Crippen LogP contribution >= 0.6 is 23.1 Å². The first kappa shape index (κ1) is 20.9. The van der Waals surface area contributed by atoms with Crippen molar-refractivity contribution in [2.24, 2.45) is 0 Å². The molecular weight excluding hydrogens is 402 g/mol. The van der Waals surface area contributed by atoms with Crippen molar-refractivity contribution in [2.45, 2.75) is 95.1 Å². The first-order valence-electron chi connectivity index (χ1n) is 11.1. The number of amides is 1. The fraction of sp³-hybridized carbons (Fsp3) is 0.682. The molecule has 1 aliphatic carbocycles. The molecular formula is C22H31N3O2S2. The number of hydrogen-bond donors (Lipinski definition) is 0. The van der Waals surface area contributed by atoms with Gasteiger partial charge >= 0.3 is 0 Å². The molecule has 0 saturated carbocycles. The predicted molar refractivity (Wildman–Crippen MR) is 121 cm³/mol. The van der Waals surface area contributed by atoms with Crippen LogP contribution in [0.4, 0.5) is 0 Å². The van der Waals surface area contributed by atoms with Crippen LogP contribution in [0, 0.1) is 0 Å². The van der Waals surface area contributed by atoms with Gasteiger partial charge in [0.1, 0.15) is 4.83 Å². The molecule has 0 N–H and O–H groups in total. The van der Waals surface area contributed by atoms with Crippen LogP contribution in [0.1, 0.15) is 69.7 Å². The number of hydrogen-bond acceptors (Lipinski definition) is 5. The van der Waals surface area contributed by atoms with Crippen LogP contribution in [0.15, 0.2) is 9.95 Å². The Morgan fingerprint density at radius 2 is 2.03 bits per heavy atom. The minimum Gasteiger partial charge on any atom is -0.339 e. The van der Waals surface area contributed by atoms with E-state index in [0.29, 0.717) is 17.7 Å². The maximum Gasteiger partial charge on any atom is 0.263 e. The summed E-state index contributed by atoms with van der Waals surface area (Å²) in [5, 5.41) is 1.28. The molecule has 29 heavy (non-hydrogen) atoms. The van der Waals surface area contributed by atoms with Crippen LogP contribution in [0.5, 0.6) is 0 Å². The molecule has 5 nitrogen and oxygen atoms in total. The molecule has 2 unspecified atom stereocenters. The summed E-state index contributed by atoms with van der Waals surface area (Å²) in [6, 6.07) is 0.354. The zero-order valence-corrected chi connectivity index (χ0v) is 19.3. The van der Waals surface area contributed by atoms with E-state index in [1.54, 1.807) is 15.9 Å². The van der Waals surface area contributed by atoms with Gasteiger partial charge in [0.25, 0.3) is 5.56 Å². The summed E-state index contributed by atoms with van der Waals surface area (Å²) in [7, 11) is 0. The molecule has 2 aliphatic rings. The molecule has 158 valence electrons. The molecule has 2 aromatic rings. The van der Waals surface area contributed by atoms with Gasteiger partial charge in [0.2, 0.25) is 5.91 Å². The van der Waals surface area contributed by atoms with E-state index in [1.165, 1.54) is 35.0 Å². The van der Waals surface area contributed by atoms with E-state index in [1.807, 2.05) is 13.8 Å². The second-order valence-electron chi connectivity index (χ2n) is 8.18. The zero-order chi connectivity index (χ0) is 20.5. The van der Waals surface area contributed by atoms with Gasteiger partial charge in [-0.2, -0.15) is 0 Å². The second kappa shape index (κ2) is 8.80. The normalized spacial score (nSPS) is 20.7. The Morgan fingerprint density at radius 3 is 2.79 bits per heavy atom. The van der Waals surface area contributed by atoms with Gasteiger partial charge in [-0.25, -0.2) is 4.98 Å². The Labute approximate surface area is 180 Å². The Balaban J connectivity index is 1.65. The highest BCUT2D eigenvalue weighted by Gasteiger charge is 2.30. The molecule has 0 bridgehead atoms. The SMILES string of the molecule is CCC1CCCCN1C(=O)C(C)Sc1nc2sc3c(c2c(=O)n1CC)CCCC3. The maximum atomic E-state index is 13.3. The van der Waals surface area contributed by atoms with Gasteiger partial charge in [-0.15, -0.1) is 11.3 Å². The molecule has 7 heteroatoms. The van der Waals surface area contributed by atoms with Gasteiger partial charge < -0.3 is 4.90 Å². The Bertz CT molecular complexity index is 965. The van der Waals surface area contributed by atoms with E-state index in [4.69, 9.17) is 4.98 Å². The van der Waals surface area contributed by atoms with Gasteiger partial charge in [-0.3, -0.25) is 14.2 Å². The number of carbonyl (C=O) groups is 1. The van der Waals surface area contributed by atoms with Gasteiger partial charge in [-0.1, -0.05) is 18.7 Å². The lowest BCUT2D eigenvalue weighted by atomic mass is 9.97. The smallest absolute Gasteiger partial charge is 0.263 e. The van der Waals surface area contributed by atoms with Crippen LogP contribution < -0.4 is 5.56 Å². The van der Waals surface area contributed by atoms with E-state index >= 15 is 0 Å².